The van der Waals surface area contributed by atoms with Crippen LogP contribution in [0.2, 0.25) is 0 Å². The van der Waals surface area contributed by atoms with Crippen LogP contribution in [0.1, 0.15) is 24.0 Å². The summed E-state index contributed by atoms with van der Waals surface area (Å²) in [7, 11) is 1.85. The second-order valence-corrected chi connectivity index (χ2v) is 4.84. The molecule has 0 saturated heterocycles. The van der Waals surface area contributed by atoms with Gasteiger partial charge in [0, 0.05) is 31.4 Å². The normalized spacial score (nSPS) is 12.5. The molecule has 1 aromatic heterocycles. The van der Waals surface area contributed by atoms with Gasteiger partial charge in [0.15, 0.2) is 0 Å². The van der Waals surface area contributed by atoms with Crippen molar-refractivity contribution in [2.24, 2.45) is 7.05 Å². The SMILES string of the molecule is CC(CNC(=O)/C=C/c1cnn(C)c1)c1ccccc1. The third kappa shape index (κ3) is 4.09. The fourth-order valence-electron chi connectivity index (χ4n) is 1.91. The lowest BCUT2D eigenvalue weighted by atomic mass is 10.0. The summed E-state index contributed by atoms with van der Waals surface area (Å²) in [5, 5.41) is 6.95. The highest BCUT2D eigenvalue weighted by Gasteiger charge is 2.05. The molecule has 2 rings (SSSR count). The van der Waals surface area contributed by atoms with E-state index in [0.717, 1.165) is 5.56 Å². The van der Waals surface area contributed by atoms with E-state index >= 15 is 0 Å². The average molecular weight is 269 g/mol. The molecule has 0 aliphatic carbocycles. The van der Waals surface area contributed by atoms with Crippen molar-refractivity contribution in [2.75, 3.05) is 6.54 Å². The van der Waals surface area contributed by atoms with Gasteiger partial charge in [-0.2, -0.15) is 5.10 Å². The van der Waals surface area contributed by atoms with E-state index in [9.17, 15) is 4.79 Å². The van der Waals surface area contributed by atoms with Gasteiger partial charge in [0.25, 0.3) is 0 Å². The monoisotopic (exact) mass is 269 g/mol. The largest absolute Gasteiger partial charge is 0.352 e. The number of nitrogens with one attached hydrogen (secondary N) is 1. The second kappa shape index (κ2) is 6.70. The molecule has 104 valence electrons. The molecule has 1 heterocycles. The molecular formula is C16H19N3O. The lowest BCUT2D eigenvalue weighted by molar-refractivity contribution is -0.116. The summed E-state index contributed by atoms with van der Waals surface area (Å²) < 4.78 is 1.70. The van der Waals surface area contributed by atoms with Crippen LogP contribution in [0, 0.1) is 0 Å². The molecule has 20 heavy (non-hydrogen) atoms. The third-order valence-corrected chi connectivity index (χ3v) is 3.10. The Labute approximate surface area is 119 Å². The highest BCUT2D eigenvalue weighted by Crippen LogP contribution is 2.12. The van der Waals surface area contributed by atoms with E-state index in [4.69, 9.17) is 0 Å². The molecule has 0 radical (unpaired) electrons. The van der Waals surface area contributed by atoms with Gasteiger partial charge >= 0.3 is 0 Å². The fraction of sp³-hybridized carbons (Fsp3) is 0.250. The Morgan fingerprint density at radius 1 is 1.40 bits per heavy atom. The topological polar surface area (TPSA) is 46.9 Å². The van der Waals surface area contributed by atoms with E-state index in [0.29, 0.717) is 12.5 Å². The van der Waals surface area contributed by atoms with Crippen LogP contribution in [-0.4, -0.2) is 22.2 Å². The van der Waals surface area contributed by atoms with Crippen LogP contribution < -0.4 is 5.32 Å². The Bertz CT molecular complexity index is 587. The molecule has 1 unspecified atom stereocenters. The summed E-state index contributed by atoms with van der Waals surface area (Å²) in [6, 6.07) is 10.2. The second-order valence-electron chi connectivity index (χ2n) is 4.84. The van der Waals surface area contributed by atoms with E-state index in [-0.39, 0.29) is 5.91 Å². The van der Waals surface area contributed by atoms with Gasteiger partial charge in [0.1, 0.15) is 0 Å². The van der Waals surface area contributed by atoms with Crippen LogP contribution in [0.5, 0.6) is 0 Å². The Balaban J connectivity index is 1.82. The predicted molar refractivity (Wildman–Crippen MR) is 80.1 cm³/mol. The number of carbonyl (C=O) groups excluding carboxylic acids is 1. The molecule has 2 aromatic rings. The maximum Gasteiger partial charge on any atom is 0.244 e. The Hall–Kier alpha value is -2.36. The standard InChI is InChI=1S/C16H19N3O/c1-13(15-6-4-3-5-7-15)10-17-16(20)9-8-14-11-18-19(2)12-14/h3-9,11-13H,10H2,1-2H3,(H,17,20)/b9-8+. The molecule has 4 nitrogen and oxygen atoms in total. The molecule has 4 heteroatoms. The van der Waals surface area contributed by atoms with Gasteiger partial charge in [-0.1, -0.05) is 37.3 Å². The van der Waals surface area contributed by atoms with E-state index in [2.05, 4.69) is 29.5 Å². The molecule has 0 aliphatic rings. The first-order valence-corrected chi connectivity index (χ1v) is 6.64. The minimum Gasteiger partial charge on any atom is -0.352 e. The number of hydrogen-bond acceptors (Lipinski definition) is 2. The zero-order valence-electron chi connectivity index (χ0n) is 11.8. The number of rotatable bonds is 5. The van der Waals surface area contributed by atoms with Gasteiger partial charge in [-0.05, 0) is 17.6 Å². The van der Waals surface area contributed by atoms with Gasteiger partial charge < -0.3 is 5.32 Å². The minimum atomic E-state index is -0.0864. The van der Waals surface area contributed by atoms with Crippen molar-refractivity contribution in [1.82, 2.24) is 15.1 Å². The van der Waals surface area contributed by atoms with Crippen molar-refractivity contribution >= 4 is 12.0 Å². The first kappa shape index (κ1) is 14.1. The zero-order chi connectivity index (χ0) is 14.4. The van der Waals surface area contributed by atoms with E-state index in [1.54, 1.807) is 17.0 Å². The number of amides is 1. The predicted octanol–water partition coefficient (Wildman–Crippen LogP) is 2.35. The van der Waals surface area contributed by atoms with Crippen molar-refractivity contribution in [3.05, 3.63) is 59.9 Å². The van der Waals surface area contributed by atoms with Crippen molar-refractivity contribution in [2.45, 2.75) is 12.8 Å². The molecule has 1 aromatic carbocycles. The Morgan fingerprint density at radius 3 is 2.80 bits per heavy atom. The molecule has 0 bridgehead atoms. The summed E-state index contributed by atoms with van der Waals surface area (Å²) in [5.41, 5.74) is 2.14. The molecule has 0 saturated carbocycles. The van der Waals surface area contributed by atoms with Crippen LogP contribution in [0.3, 0.4) is 0 Å². The molecule has 1 amide bonds. The molecule has 0 spiro atoms. The van der Waals surface area contributed by atoms with Gasteiger partial charge in [0.2, 0.25) is 5.91 Å². The summed E-state index contributed by atoms with van der Waals surface area (Å²) in [6.45, 7) is 2.72. The van der Waals surface area contributed by atoms with Crippen LogP contribution >= 0.6 is 0 Å². The van der Waals surface area contributed by atoms with Crippen LogP contribution in [0.4, 0.5) is 0 Å². The first-order chi connectivity index (χ1) is 9.65. The van der Waals surface area contributed by atoms with Crippen molar-refractivity contribution in [3.63, 3.8) is 0 Å². The average Bonchev–Trinajstić information content (AvgIpc) is 2.89. The number of carbonyl (C=O) groups is 1. The van der Waals surface area contributed by atoms with Crippen molar-refractivity contribution in [1.29, 1.82) is 0 Å². The number of hydrogen-bond donors (Lipinski definition) is 1. The Kier molecular flexibility index (Phi) is 4.71. The first-order valence-electron chi connectivity index (χ1n) is 6.64. The van der Waals surface area contributed by atoms with Gasteiger partial charge in [0.05, 0.1) is 6.20 Å². The van der Waals surface area contributed by atoms with Crippen LogP contribution in [-0.2, 0) is 11.8 Å². The van der Waals surface area contributed by atoms with E-state index < -0.39 is 0 Å². The molecule has 0 fully saturated rings. The number of nitrogens with zero attached hydrogens (tertiary/aromatic N) is 2. The number of aromatic nitrogens is 2. The van der Waals surface area contributed by atoms with Gasteiger partial charge in [-0.15, -0.1) is 0 Å². The molecule has 1 atom stereocenters. The van der Waals surface area contributed by atoms with Crippen molar-refractivity contribution in [3.8, 4) is 0 Å². The summed E-state index contributed by atoms with van der Waals surface area (Å²) in [4.78, 5) is 11.7. The van der Waals surface area contributed by atoms with E-state index in [1.807, 2.05) is 31.4 Å². The van der Waals surface area contributed by atoms with Gasteiger partial charge in [-0.3, -0.25) is 9.48 Å². The summed E-state index contributed by atoms with van der Waals surface area (Å²) in [6.07, 6.45) is 6.87. The lowest BCUT2D eigenvalue weighted by Crippen LogP contribution is -2.25. The van der Waals surface area contributed by atoms with Crippen LogP contribution in [0.25, 0.3) is 6.08 Å². The lowest BCUT2D eigenvalue weighted by Gasteiger charge is -2.11. The highest BCUT2D eigenvalue weighted by atomic mass is 16.1. The molecule has 1 N–H and O–H groups in total. The number of aryl methyl sites for hydroxylation is 1. The molecule has 0 aliphatic heterocycles. The highest BCUT2D eigenvalue weighted by molar-refractivity contribution is 5.91. The van der Waals surface area contributed by atoms with E-state index in [1.165, 1.54) is 11.6 Å². The maximum atomic E-state index is 11.7. The quantitative estimate of drug-likeness (QED) is 0.847. The van der Waals surface area contributed by atoms with Crippen molar-refractivity contribution < 1.29 is 4.79 Å². The van der Waals surface area contributed by atoms with Crippen LogP contribution in [0.15, 0.2) is 48.8 Å². The Morgan fingerprint density at radius 2 is 2.15 bits per heavy atom. The summed E-state index contributed by atoms with van der Waals surface area (Å²) in [5.74, 6) is 0.212. The third-order valence-electron chi connectivity index (χ3n) is 3.10. The molecular weight excluding hydrogens is 250 g/mol. The fourth-order valence-corrected chi connectivity index (χ4v) is 1.91. The smallest absolute Gasteiger partial charge is 0.244 e. The summed E-state index contributed by atoms with van der Waals surface area (Å²) >= 11 is 0. The maximum absolute atomic E-state index is 11.7. The zero-order valence-corrected chi connectivity index (χ0v) is 11.8. The minimum absolute atomic E-state index is 0.0864. The van der Waals surface area contributed by atoms with Gasteiger partial charge in [-0.25, -0.2) is 0 Å². The number of benzene rings is 1.